The normalized spacial score (nSPS) is 12.1. The lowest BCUT2D eigenvalue weighted by Crippen LogP contribution is -1.94. The van der Waals surface area contributed by atoms with Crippen molar-refractivity contribution in [2.75, 3.05) is 0 Å². The molecule has 0 atom stereocenters. The maximum absolute atomic E-state index is 10.8. The molecular weight excluding hydrogens is 228 g/mol. The summed E-state index contributed by atoms with van der Waals surface area (Å²) >= 11 is 0. The van der Waals surface area contributed by atoms with Crippen molar-refractivity contribution in [3.05, 3.63) is 23.8 Å². The van der Waals surface area contributed by atoms with Crippen LogP contribution in [0.2, 0.25) is 0 Å². The molecule has 1 heterocycles. The first-order valence-corrected chi connectivity index (χ1v) is 6.16. The summed E-state index contributed by atoms with van der Waals surface area (Å²) in [6, 6.07) is 4.82. The van der Waals surface area contributed by atoms with Crippen LogP contribution in [0.3, 0.4) is 0 Å². The van der Waals surface area contributed by atoms with E-state index in [0.717, 1.165) is 0 Å². The van der Waals surface area contributed by atoms with Crippen LogP contribution < -0.4 is 0 Å². The van der Waals surface area contributed by atoms with Gasteiger partial charge in [-0.2, -0.15) is 0 Å². The van der Waals surface area contributed by atoms with E-state index in [2.05, 4.69) is 14.9 Å². The summed E-state index contributed by atoms with van der Waals surface area (Å²) < 4.78 is 26.0. The van der Waals surface area contributed by atoms with E-state index < -0.39 is 9.05 Å². The zero-order valence-electron chi connectivity index (χ0n) is 6.84. The summed E-state index contributed by atoms with van der Waals surface area (Å²) in [7, 11) is 1.57. The van der Waals surface area contributed by atoms with Gasteiger partial charge >= 0.3 is 0 Å². The van der Waals surface area contributed by atoms with Crippen LogP contribution in [-0.2, 0) is 14.8 Å². The van der Waals surface area contributed by atoms with Crippen molar-refractivity contribution in [1.29, 1.82) is 0 Å². The van der Waals surface area contributed by atoms with Gasteiger partial charge in [-0.25, -0.2) is 13.0 Å². The predicted octanol–water partition coefficient (Wildman–Crippen LogP) is 1.29. The molecule has 1 aromatic carbocycles. The van der Waals surface area contributed by atoms with E-state index in [4.69, 9.17) is 10.7 Å². The van der Waals surface area contributed by atoms with Gasteiger partial charge in [0.2, 0.25) is 9.05 Å². The van der Waals surface area contributed by atoms with Gasteiger partial charge in [0.05, 0.1) is 5.75 Å². The summed E-state index contributed by atoms with van der Waals surface area (Å²) in [6.07, 6.45) is 0. The molecule has 0 fully saturated rings. The molecule has 0 spiro atoms. The highest BCUT2D eigenvalue weighted by Gasteiger charge is 2.08. The smallest absolute Gasteiger partial charge is 0.236 e. The van der Waals surface area contributed by atoms with Gasteiger partial charge < -0.3 is 0 Å². The molecule has 0 radical (unpaired) electrons. The largest absolute Gasteiger partial charge is 0.243 e. The zero-order valence-corrected chi connectivity index (χ0v) is 8.42. The molecule has 2 rings (SSSR count). The molecule has 2 aromatic rings. The summed E-state index contributed by atoms with van der Waals surface area (Å²) in [4.78, 5) is 0. The van der Waals surface area contributed by atoms with Crippen LogP contribution in [0.5, 0.6) is 0 Å². The lowest BCUT2D eigenvalue weighted by Gasteiger charge is -1.95. The van der Waals surface area contributed by atoms with E-state index >= 15 is 0 Å². The SMILES string of the molecule is O=S(=O)(Cl)Cc1ccc2nonc2c1. The summed E-state index contributed by atoms with van der Waals surface area (Å²) in [6.45, 7) is 0. The number of hydrogen-bond acceptors (Lipinski definition) is 5. The second-order valence-corrected chi connectivity index (χ2v) is 5.55. The van der Waals surface area contributed by atoms with E-state index in [0.29, 0.717) is 16.6 Å². The minimum atomic E-state index is -3.54. The highest BCUT2D eigenvalue weighted by Crippen LogP contribution is 2.15. The third-order valence-corrected chi connectivity index (χ3v) is 2.66. The summed E-state index contributed by atoms with van der Waals surface area (Å²) in [5, 5.41) is 7.17. The Morgan fingerprint density at radius 3 is 2.71 bits per heavy atom. The molecule has 0 saturated heterocycles. The Morgan fingerprint density at radius 1 is 1.29 bits per heavy atom. The molecule has 5 nitrogen and oxygen atoms in total. The lowest BCUT2D eigenvalue weighted by molar-refractivity contribution is 0.315. The molecule has 14 heavy (non-hydrogen) atoms. The van der Waals surface area contributed by atoms with Crippen LogP contribution in [0.25, 0.3) is 11.0 Å². The summed E-state index contributed by atoms with van der Waals surface area (Å²) in [5.74, 6) is -0.225. The standard InChI is InChI=1S/C7H5ClN2O3S/c8-14(11,12)4-5-1-2-6-7(3-5)10-13-9-6/h1-3H,4H2. The first-order chi connectivity index (χ1) is 6.54. The molecule has 74 valence electrons. The number of benzene rings is 1. The lowest BCUT2D eigenvalue weighted by atomic mass is 10.2. The summed E-state index contributed by atoms with van der Waals surface area (Å²) in [5.41, 5.74) is 1.66. The first kappa shape index (κ1) is 9.42. The number of aromatic nitrogens is 2. The van der Waals surface area contributed by atoms with E-state index in [1.54, 1.807) is 18.2 Å². The quantitative estimate of drug-likeness (QED) is 0.730. The number of hydrogen-bond donors (Lipinski definition) is 0. The van der Waals surface area contributed by atoms with Gasteiger partial charge in [-0.1, -0.05) is 6.07 Å². The third-order valence-electron chi connectivity index (χ3n) is 1.66. The molecule has 0 amide bonds. The monoisotopic (exact) mass is 232 g/mol. The Balaban J connectivity index is 2.44. The van der Waals surface area contributed by atoms with Crippen molar-refractivity contribution in [1.82, 2.24) is 10.3 Å². The van der Waals surface area contributed by atoms with Crippen LogP contribution in [0, 0.1) is 0 Å². The highest BCUT2D eigenvalue weighted by atomic mass is 35.7. The van der Waals surface area contributed by atoms with Crippen LogP contribution in [0.4, 0.5) is 0 Å². The van der Waals surface area contributed by atoms with Gasteiger partial charge in [-0.15, -0.1) is 0 Å². The molecule has 7 heteroatoms. The molecule has 0 aliphatic carbocycles. The zero-order chi connectivity index (χ0) is 10.2. The molecule has 0 bridgehead atoms. The topological polar surface area (TPSA) is 73.1 Å². The minimum absolute atomic E-state index is 0.225. The Bertz CT molecular complexity index is 563. The Morgan fingerprint density at radius 2 is 2.00 bits per heavy atom. The molecule has 0 aliphatic rings. The fourth-order valence-electron chi connectivity index (χ4n) is 1.12. The van der Waals surface area contributed by atoms with Gasteiger partial charge in [0.25, 0.3) is 0 Å². The van der Waals surface area contributed by atoms with Crippen LogP contribution in [0.1, 0.15) is 5.56 Å². The molecule has 1 aromatic heterocycles. The highest BCUT2D eigenvalue weighted by molar-refractivity contribution is 8.13. The van der Waals surface area contributed by atoms with Crippen molar-refractivity contribution < 1.29 is 13.0 Å². The van der Waals surface area contributed by atoms with E-state index in [1.165, 1.54) is 0 Å². The Kier molecular flexibility index (Phi) is 2.16. The first-order valence-electron chi connectivity index (χ1n) is 3.68. The maximum Gasteiger partial charge on any atom is 0.236 e. The van der Waals surface area contributed by atoms with Crippen molar-refractivity contribution in [2.45, 2.75) is 5.75 Å². The van der Waals surface area contributed by atoms with E-state index in [-0.39, 0.29) is 5.75 Å². The van der Waals surface area contributed by atoms with Gasteiger partial charge in [-0.3, -0.25) is 0 Å². The molecule has 0 saturated carbocycles. The van der Waals surface area contributed by atoms with Gasteiger partial charge in [0, 0.05) is 10.7 Å². The molecule has 0 aliphatic heterocycles. The second-order valence-electron chi connectivity index (χ2n) is 2.77. The number of fused-ring (bicyclic) bond motifs is 1. The Labute approximate surface area is 84.0 Å². The second kappa shape index (κ2) is 3.21. The number of nitrogens with zero attached hydrogens (tertiary/aromatic N) is 2. The molecule has 0 unspecified atom stereocenters. The van der Waals surface area contributed by atoms with Crippen LogP contribution >= 0.6 is 10.7 Å². The average molecular weight is 233 g/mol. The minimum Gasteiger partial charge on any atom is -0.243 e. The van der Waals surface area contributed by atoms with Gasteiger partial charge in [0.1, 0.15) is 11.0 Å². The molecular formula is C7H5ClN2O3S. The van der Waals surface area contributed by atoms with E-state index in [1.807, 2.05) is 0 Å². The third kappa shape index (κ3) is 2.02. The predicted molar refractivity (Wildman–Crippen MR) is 50.3 cm³/mol. The van der Waals surface area contributed by atoms with E-state index in [9.17, 15) is 8.42 Å². The van der Waals surface area contributed by atoms with Crippen molar-refractivity contribution in [3.63, 3.8) is 0 Å². The number of rotatable bonds is 2. The van der Waals surface area contributed by atoms with Crippen molar-refractivity contribution in [2.24, 2.45) is 0 Å². The van der Waals surface area contributed by atoms with Gasteiger partial charge in [-0.05, 0) is 28.0 Å². The number of halogens is 1. The average Bonchev–Trinajstić information content (AvgIpc) is 2.47. The van der Waals surface area contributed by atoms with Crippen molar-refractivity contribution >= 4 is 30.8 Å². The fraction of sp³-hybridized carbons (Fsp3) is 0.143. The van der Waals surface area contributed by atoms with Gasteiger partial charge in [0.15, 0.2) is 0 Å². The maximum atomic E-state index is 10.8. The molecule has 0 N–H and O–H groups in total. The van der Waals surface area contributed by atoms with Crippen LogP contribution in [-0.4, -0.2) is 18.7 Å². The fourth-order valence-corrected chi connectivity index (χ4v) is 2.07. The Hall–Kier alpha value is -1.14. The van der Waals surface area contributed by atoms with Crippen LogP contribution in [0.15, 0.2) is 22.8 Å². The van der Waals surface area contributed by atoms with Crippen molar-refractivity contribution in [3.8, 4) is 0 Å².